The third-order valence-corrected chi connectivity index (χ3v) is 4.09. The molecule has 9 heteroatoms. The maximum Gasteiger partial charge on any atom is 0.278 e. The number of primary amides is 1. The molecule has 0 aliphatic heterocycles. The molecule has 1 aromatic carbocycles. The van der Waals surface area contributed by atoms with Gasteiger partial charge in [0.05, 0.1) is 0 Å². The van der Waals surface area contributed by atoms with Crippen LogP contribution < -0.4 is 16.4 Å². The molecular formula is C15H13N5O3S. The van der Waals surface area contributed by atoms with Crippen LogP contribution in [0.2, 0.25) is 0 Å². The minimum Gasteiger partial charge on any atom is -0.365 e. The highest BCUT2D eigenvalue weighted by molar-refractivity contribution is 7.20. The molecule has 2 amide bonds. The van der Waals surface area contributed by atoms with Crippen LogP contribution in [0.5, 0.6) is 0 Å². The summed E-state index contributed by atoms with van der Waals surface area (Å²) in [7, 11) is 1.65. The zero-order chi connectivity index (χ0) is 17.1. The van der Waals surface area contributed by atoms with E-state index >= 15 is 0 Å². The fraction of sp³-hybridized carbons (Fsp3) is 0.0667. The highest BCUT2D eigenvalue weighted by Gasteiger charge is 2.20. The van der Waals surface area contributed by atoms with Crippen LogP contribution in [0.3, 0.4) is 0 Å². The van der Waals surface area contributed by atoms with Gasteiger partial charge in [0, 0.05) is 18.7 Å². The van der Waals surface area contributed by atoms with Crippen LogP contribution >= 0.6 is 11.3 Å². The molecule has 0 saturated carbocycles. The van der Waals surface area contributed by atoms with Crippen LogP contribution in [0.4, 0.5) is 10.1 Å². The summed E-state index contributed by atoms with van der Waals surface area (Å²) in [4.78, 5) is 27.7. The highest BCUT2D eigenvalue weighted by atomic mass is 32.1. The van der Waals surface area contributed by atoms with E-state index in [-0.39, 0.29) is 16.4 Å². The largest absolute Gasteiger partial charge is 0.365 e. The van der Waals surface area contributed by atoms with Gasteiger partial charge >= 0.3 is 0 Å². The number of hydrogen-bond acceptors (Lipinski definition) is 7. The number of carbonyl (C=O) groups is 2. The minimum absolute atomic E-state index is 0.00974. The summed E-state index contributed by atoms with van der Waals surface area (Å²) in [6.07, 6.45) is 0. The summed E-state index contributed by atoms with van der Waals surface area (Å²) in [5.41, 5.74) is 6.15. The molecule has 122 valence electrons. The van der Waals surface area contributed by atoms with E-state index in [1.54, 1.807) is 7.05 Å². The van der Waals surface area contributed by atoms with Crippen LogP contribution in [0, 0.1) is 0 Å². The number of rotatable bonds is 5. The molecular weight excluding hydrogens is 330 g/mol. The average molecular weight is 343 g/mol. The summed E-state index contributed by atoms with van der Waals surface area (Å²) in [6.45, 7) is 0. The van der Waals surface area contributed by atoms with Crippen molar-refractivity contribution in [2.75, 3.05) is 17.7 Å². The average Bonchev–Trinajstić information content (AvgIpc) is 3.22. The smallest absolute Gasteiger partial charge is 0.278 e. The lowest BCUT2D eigenvalue weighted by Crippen LogP contribution is -2.17. The van der Waals surface area contributed by atoms with Gasteiger partial charge in [0.1, 0.15) is 5.00 Å². The quantitative estimate of drug-likeness (QED) is 0.652. The van der Waals surface area contributed by atoms with E-state index in [1.807, 2.05) is 30.3 Å². The number of aromatic nitrogens is 2. The maximum atomic E-state index is 12.3. The van der Waals surface area contributed by atoms with E-state index in [4.69, 9.17) is 10.3 Å². The number of benzene rings is 1. The number of nitrogens with two attached hydrogens (primary N) is 1. The molecule has 0 atom stereocenters. The predicted molar refractivity (Wildman–Crippen MR) is 90.1 cm³/mol. The molecule has 0 saturated heterocycles. The van der Waals surface area contributed by atoms with Gasteiger partial charge in [-0.05, 0) is 0 Å². The standard InChI is InChI=1S/C15H13N5O3S/c1-17-15-18-11(12(16)21)14(24-15)19-13(22)9-7-10(23-20-9)8-5-3-2-4-6-8/h2-7H,1H3,(H2,16,21)(H,17,18)(H,19,22). The molecule has 0 spiro atoms. The number of hydrogen-bond donors (Lipinski definition) is 3. The molecule has 3 rings (SSSR count). The van der Waals surface area contributed by atoms with Gasteiger partial charge in [-0.15, -0.1) is 0 Å². The Morgan fingerprint density at radius 1 is 1.25 bits per heavy atom. The number of nitrogens with zero attached hydrogens (tertiary/aromatic N) is 2. The van der Waals surface area contributed by atoms with Crippen molar-refractivity contribution in [1.29, 1.82) is 0 Å². The second-order valence-corrected chi connectivity index (χ2v) is 5.71. The molecule has 4 N–H and O–H groups in total. The van der Waals surface area contributed by atoms with Crippen molar-refractivity contribution in [2.45, 2.75) is 0 Å². The SMILES string of the molecule is CNc1nc(C(N)=O)c(NC(=O)c2cc(-c3ccccc3)on2)s1. The van der Waals surface area contributed by atoms with E-state index in [9.17, 15) is 9.59 Å². The predicted octanol–water partition coefficient (Wildman–Crippen LogP) is 2.19. The summed E-state index contributed by atoms with van der Waals surface area (Å²) in [6, 6.07) is 10.8. The molecule has 2 heterocycles. The monoisotopic (exact) mass is 343 g/mol. The second kappa shape index (κ2) is 6.50. The number of carbonyl (C=O) groups excluding carboxylic acids is 2. The van der Waals surface area contributed by atoms with E-state index in [2.05, 4.69) is 20.8 Å². The molecule has 0 aliphatic carbocycles. The van der Waals surface area contributed by atoms with Crippen LogP contribution in [0.25, 0.3) is 11.3 Å². The van der Waals surface area contributed by atoms with Crippen LogP contribution in [-0.2, 0) is 0 Å². The highest BCUT2D eigenvalue weighted by Crippen LogP contribution is 2.28. The first-order valence-electron chi connectivity index (χ1n) is 6.90. The summed E-state index contributed by atoms with van der Waals surface area (Å²) in [5.74, 6) is -0.779. The van der Waals surface area contributed by atoms with Crippen molar-refractivity contribution in [1.82, 2.24) is 10.1 Å². The molecule has 2 aromatic heterocycles. The van der Waals surface area contributed by atoms with Crippen molar-refractivity contribution >= 4 is 33.3 Å². The minimum atomic E-state index is -0.729. The molecule has 3 aromatic rings. The lowest BCUT2D eigenvalue weighted by molar-refractivity contribution is 0.0997. The topological polar surface area (TPSA) is 123 Å². The Balaban J connectivity index is 1.82. The Morgan fingerprint density at radius 3 is 2.67 bits per heavy atom. The first kappa shape index (κ1) is 15.7. The van der Waals surface area contributed by atoms with Crippen LogP contribution in [-0.4, -0.2) is 29.0 Å². The van der Waals surface area contributed by atoms with Gasteiger partial charge in [0.15, 0.2) is 22.3 Å². The third-order valence-electron chi connectivity index (χ3n) is 3.10. The fourth-order valence-corrected chi connectivity index (χ4v) is 2.79. The summed E-state index contributed by atoms with van der Waals surface area (Å²) in [5, 5.41) is 9.85. The Morgan fingerprint density at radius 2 is 2.00 bits per heavy atom. The van der Waals surface area contributed by atoms with Gasteiger partial charge < -0.3 is 20.9 Å². The Hall–Kier alpha value is -3.20. The number of thiazole rings is 1. The normalized spacial score (nSPS) is 10.4. The van der Waals surface area contributed by atoms with Gasteiger partial charge in [-0.2, -0.15) is 0 Å². The Bertz CT molecular complexity index is 888. The molecule has 24 heavy (non-hydrogen) atoms. The van der Waals surface area contributed by atoms with Gasteiger partial charge in [-0.25, -0.2) is 4.98 Å². The molecule has 8 nitrogen and oxygen atoms in total. The molecule has 0 unspecified atom stereocenters. The Labute approximate surface area is 140 Å². The van der Waals surface area contributed by atoms with E-state index < -0.39 is 11.8 Å². The van der Waals surface area contributed by atoms with Crippen molar-refractivity contribution in [3.63, 3.8) is 0 Å². The number of amides is 2. The van der Waals surface area contributed by atoms with Crippen molar-refractivity contribution in [3.8, 4) is 11.3 Å². The second-order valence-electron chi connectivity index (χ2n) is 4.71. The summed E-state index contributed by atoms with van der Waals surface area (Å²) < 4.78 is 5.19. The van der Waals surface area contributed by atoms with Crippen molar-refractivity contribution in [3.05, 3.63) is 47.8 Å². The first-order valence-corrected chi connectivity index (χ1v) is 7.72. The van der Waals surface area contributed by atoms with Gasteiger partial charge in [-0.1, -0.05) is 46.8 Å². The van der Waals surface area contributed by atoms with Crippen LogP contribution in [0.15, 0.2) is 40.9 Å². The van der Waals surface area contributed by atoms with Gasteiger partial charge in [0.2, 0.25) is 0 Å². The van der Waals surface area contributed by atoms with E-state index in [0.717, 1.165) is 16.9 Å². The molecule has 0 bridgehead atoms. The maximum absolute atomic E-state index is 12.3. The zero-order valence-electron chi connectivity index (χ0n) is 12.6. The molecule has 0 aliphatic rings. The van der Waals surface area contributed by atoms with E-state index in [0.29, 0.717) is 10.9 Å². The third kappa shape index (κ3) is 3.10. The van der Waals surface area contributed by atoms with Crippen molar-refractivity contribution in [2.24, 2.45) is 5.73 Å². The number of anilines is 2. The number of nitrogens with one attached hydrogen (secondary N) is 2. The van der Waals surface area contributed by atoms with Gasteiger partial charge in [0.25, 0.3) is 11.8 Å². The zero-order valence-corrected chi connectivity index (χ0v) is 13.4. The lowest BCUT2D eigenvalue weighted by Gasteiger charge is -1.99. The fourth-order valence-electron chi connectivity index (χ4n) is 1.97. The van der Waals surface area contributed by atoms with Crippen molar-refractivity contribution < 1.29 is 14.1 Å². The summed E-state index contributed by atoms with van der Waals surface area (Å²) >= 11 is 1.10. The first-order chi connectivity index (χ1) is 11.6. The lowest BCUT2D eigenvalue weighted by atomic mass is 10.1. The van der Waals surface area contributed by atoms with Gasteiger partial charge in [-0.3, -0.25) is 9.59 Å². The van der Waals surface area contributed by atoms with Crippen LogP contribution in [0.1, 0.15) is 21.0 Å². The molecule has 0 fully saturated rings. The molecule has 0 radical (unpaired) electrons. The Kier molecular flexibility index (Phi) is 4.25. The van der Waals surface area contributed by atoms with E-state index in [1.165, 1.54) is 6.07 Å².